The van der Waals surface area contributed by atoms with Crippen LogP contribution in [0, 0.1) is 0 Å². The highest BCUT2D eigenvalue weighted by Crippen LogP contribution is 2.33. The first-order valence-electron chi connectivity index (χ1n) is 6.01. The summed E-state index contributed by atoms with van der Waals surface area (Å²) in [5, 5.41) is 2.85. The van der Waals surface area contributed by atoms with Crippen molar-refractivity contribution in [1.82, 2.24) is 4.98 Å². The van der Waals surface area contributed by atoms with Crippen LogP contribution in [0.4, 0.5) is 0 Å². The Balaban J connectivity index is 1.76. The maximum absolute atomic E-state index is 12.1. The van der Waals surface area contributed by atoms with Crippen LogP contribution in [0.15, 0.2) is 47.8 Å². The summed E-state index contributed by atoms with van der Waals surface area (Å²) in [6.45, 7) is 0. The predicted octanol–water partition coefficient (Wildman–Crippen LogP) is 4.95. The summed E-state index contributed by atoms with van der Waals surface area (Å²) in [5.74, 6) is 0.0895. The third-order valence-electron chi connectivity index (χ3n) is 2.77. The first-order chi connectivity index (χ1) is 9.72. The maximum Gasteiger partial charge on any atom is 0.168 e. The first-order valence-corrected chi connectivity index (χ1v) is 8.08. The van der Waals surface area contributed by atoms with Crippen LogP contribution < -0.4 is 0 Å². The number of carbonyl (C=O) groups is 1. The third-order valence-corrected chi connectivity index (χ3v) is 5.06. The third kappa shape index (κ3) is 2.98. The van der Waals surface area contributed by atoms with Crippen molar-refractivity contribution in [2.45, 2.75) is 6.42 Å². The Hall–Kier alpha value is -1.49. The van der Waals surface area contributed by atoms with E-state index in [2.05, 4.69) is 4.98 Å². The van der Waals surface area contributed by atoms with Crippen LogP contribution in [0.25, 0.3) is 9.88 Å². The minimum absolute atomic E-state index is 0.0895. The number of carbonyl (C=O) groups excluding carboxylic acids is 1. The largest absolute Gasteiger partial charge is 0.294 e. The van der Waals surface area contributed by atoms with Crippen molar-refractivity contribution in [1.29, 1.82) is 0 Å². The van der Waals surface area contributed by atoms with Gasteiger partial charge in [0.2, 0.25) is 0 Å². The van der Waals surface area contributed by atoms with Crippen LogP contribution in [0.2, 0.25) is 4.34 Å². The van der Waals surface area contributed by atoms with Gasteiger partial charge in [0.25, 0.3) is 0 Å². The lowest BCUT2D eigenvalue weighted by Crippen LogP contribution is -2.03. The van der Waals surface area contributed by atoms with Crippen molar-refractivity contribution >= 4 is 40.1 Å². The van der Waals surface area contributed by atoms with E-state index in [-0.39, 0.29) is 5.78 Å². The minimum atomic E-state index is 0.0895. The van der Waals surface area contributed by atoms with E-state index in [1.807, 2.05) is 47.8 Å². The van der Waals surface area contributed by atoms with E-state index < -0.39 is 0 Å². The van der Waals surface area contributed by atoms with Crippen molar-refractivity contribution in [2.75, 3.05) is 0 Å². The van der Waals surface area contributed by atoms with Crippen molar-refractivity contribution in [3.63, 3.8) is 0 Å². The molecule has 2 aromatic heterocycles. The maximum atomic E-state index is 12.1. The second kappa shape index (κ2) is 5.87. The summed E-state index contributed by atoms with van der Waals surface area (Å²) >= 11 is 8.96. The Labute approximate surface area is 129 Å². The highest BCUT2D eigenvalue weighted by molar-refractivity contribution is 7.23. The number of rotatable bonds is 4. The van der Waals surface area contributed by atoms with Crippen LogP contribution in [0.5, 0.6) is 0 Å². The zero-order valence-corrected chi connectivity index (χ0v) is 12.8. The van der Waals surface area contributed by atoms with E-state index in [1.165, 1.54) is 11.3 Å². The van der Waals surface area contributed by atoms with Gasteiger partial charge in [-0.15, -0.1) is 22.7 Å². The molecule has 0 unspecified atom stereocenters. The van der Waals surface area contributed by atoms with E-state index in [9.17, 15) is 4.79 Å². The molecule has 3 aromatic rings. The van der Waals surface area contributed by atoms with Gasteiger partial charge in [0.1, 0.15) is 5.01 Å². The van der Waals surface area contributed by atoms with Gasteiger partial charge in [0.05, 0.1) is 21.3 Å². The molecule has 20 heavy (non-hydrogen) atoms. The molecule has 2 heterocycles. The first kappa shape index (κ1) is 13.5. The molecule has 1 aromatic carbocycles. The molecule has 0 aliphatic carbocycles. The molecule has 2 nitrogen and oxygen atoms in total. The van der Waals surface area contributed by atoms with Gasteiger partial charge in [-0.1, -0.05) is 41.9 Å². The molecule has 0 bridgehead atoms. The summed E-state index contributed by atoms with van der Waals surface area (Å²) in [4.78, 5) is 17.7. The quantitative estimate of drug-likeness (QED) is 0.637. The molecule has 0 fully saturated rings. The van der Waals surface area contributed by atoms with Gasteiger partial charge in [-0.3, -0.25) is 4.79 Å². The molecule has 100 valence electrons. The minimum Gasteiger partial charge on any atom is -0.294 e. The van der Waals surface area contributed by atoms with Crippen molar-refractivity contribution in [2.24, 2.45) is 0 Å². The summed E-state index contributed by atoms with van der Waals surface area (Å²) in [5.41, 5.74) is 1.53. The molecule has 0 radical (unpaired) electrons. The summed E-state index contributed by atoms with van der Waals surface area (Å²) in [6, 6.07) is 13.1. The molecule has 0 N–H and O–H groups in total. The lowest BCUT2D eigenvalue weighted by Gasteiger charge is -1.97. The number of nitrogens with zero attached hydrogens (tertiary/aromatic N) is 1. The zero-order valence-electron chi connectivity index (χ0n) is 10.4. The number of ketones is 1. The van der Waals surface area contributed by atoms with Crippen LogP contribution in [-0.4, -0.2) is 10.8 Å². The Morgan fingerprint density at radius 2 is 1.95 bits per heavy atom. The fourth-order valence-electron chi connectivity index (χ4n) is 1.82. The molecule has 0 saturated carbocycles. The van der Waals surface area contributed by atoms with Crippen LogP contribution >= 0.6 is 34.3 Å². The number of aromatic nitrogens is 1. The zero-order chi connectivity index (χ0) is 13.9. The van der Waals surface area contributed by atoms with Crippen molar-refractivity contribution in [3.8, 4) is 9.88 Å². The van der Waals surface area contributed by atoms with Crippen molar-refractivity contribution < 1.29 is 4.79 Å². The van der Waals surface area contributed by atoms with E-state index in [0.717, 1.165) is 25.5 Å². The molecule has 5 heteroatoms. The summed E-state index contributed by atoms with van der Waals surface area (Å²) < 4.78 is 0.747. The van der Waals surface area contributed by atoms with Gasteiger partial charge in [0, 0.05) is 10.9 Å². The van der Waals surface area contributed by atoms with E-state index >= 15 is 0 Å². The standard InChI is InChI=1S/C15H10ClNOS2/c16-14-7-6-13(20-14)15-17-11(9-19-15)8-12(18)10-4-2-1-3-5-10/h1-7,9H,8H2. The Morgan fingerprint density at radius 3 is 2.65 bits per heavy atom. The topological polar surface area (TPSA) is 30.0 Å². The summed E-state index contributed by atoms with van der Waals surface area (Å²) in [7, 11) is 0. The van der Waals surface area contributed by atoms with Gasteiger partial charge >= 0.3 is 0 Å². The van der Waals surface area contributed by atoms with E-state index in [1.54, 1.807) is 11.3 Å². The number of hydrogen-bond acceptors (Lipinski definition) is 4. The average molecular weight is 320 g/mol. The van der Waals surface area contributed by atoms with Crippen molar-refractivity contribution in [3.05, 3.63) is 63.4 Å². The fourth-order valence-corrected chi connectivity index (χ4v) is 3.76. The summed E-state index contributed by atoms with van der Waals surface area (Å²) in [6.07, 6.45) is 0.333. The van der Waals surface area contributed by atoms with Gasteiger partial charge in [0.15, 0.2) is 5.78 Å². The number of benzene rings is 1. The second-order valence-corrected chi connectivity index (χ2v) is 6.79. The highest BCUT2D eigenvalue weighted by atomic mass is 35.5. The number of thiazole rings is 1. The number of Topliss-reactive ketones (excluding diaryl/α,β-unsaturated/α-hetero) is 1. The number of halogens is 1. The van der Waals surface area contributed by atoms with E-state index in [0.29, 0.717) is 6.42 Å². The van der Waals surface area contributed by atoms with Crippen LogP contribution in [0.1, 0.15) is 16.1 Å². The lowest BCUT2D eigenvalue weighted by molar-refractivity contribution is 0.0992. The normalized spacial score (nSPS) is 10.7. The smallest absolute Gasteiger partial charge is 0.168 e. The number of thiophene rings is 1. The van der Waals surface area contributed by atoms with Gasteiger partial charge in [-0.05, 0) is 12.1 Å². The Kier molecular flexibility index (Phi) is 3.96. The molecule has 0 amide bonds. The van der Waals surface area contributed by atoms with Crippen LogP contribution in [0.3, 0.4) is 0 Å². The lowest BCUT2D eigenvalue weighted by atomic mass is 10.1. The number of hydrogen-bond donors (Lipinski definition) is 0. The monoisotopic (exact) mass is 319 g/mol. The van der Waals surface area contributed by atoms with Gasteiger partial charge in [-0.25, -0.2) is 4.98 Å². The van der Waals surface area contributed by atoms with Gasteiger partial charge in [-0.2, -0.15) is 0 Å². The van der Waals surface area contributed by atoms with Crippen LogP contribution in [-0.2, 0) is 6.42 Å². The Bertz CT molecular complexity index is 733. The average Bonchev–Trinajstić information content (AvgIpc) is 3.09. The molecular weight excluding hydrogens is 310 g/mol. The molecule has 0 spiro atoms. The molecular formula is C15H10ClNOS2. The highest BCUT2D eigenvalue weighted by Gasteiger charge is 2.11. The molecule has 0 atom stereocenters. The van der Waals surface area contributed by atoms with E-state index in [4.69, 9.17) is 11.6 Å². The second-order valence-electron chi connectivity index (χ2n) is 4.21. The predicted molar refractivity (Wildman–Crippen MR) is 84.9 cm³/mol. The molecule has 0 aliphatic rings. The molecule has 3 rings (SSSR count). The molecule has 0 aliphatic heterocycles. The Morgan fingerprint density at radius 1 is 1.15 bits per heavy atom. The van der Waals surface area contributed by atoms with Gasteiger partial charge < -0.3 is 0 Å². The SMILES string of the molecule is O=C(Cc1csc(-c2ccc(Cl)s2)n1)c1ccccc1. The molecule has 0 saturated heterocycles. The fraction of sp³-hybridized carbons (Fsp3) is 0.0667.